The molecule has 0 amide bonds. The molecule has 0 aromatic carbocycles. The van der Waals surface area contributed by atoms with E-state index in [9.17, 15) is 0 Å². The molecule has 0 atom stereocenters. The zero-order valence-electron chi connectivity index (χ0n) is 6.21. The van der Waals surface area contributed by atoms with Crippen molar-refractivity contribution in [1.82, 2.24) is 0 Å². The second-order valence-corrected chi connectivity index (χ2v) is 2.98. The van der Waals surface area contributed by atoms with Crippen LogP contribution in [0.2, 0.25) is 0 Å². The van der Waals surface area contributed by atoms with Crippen LogP contribution in [0.1, 0.15) is 12.8 Å². The van der Waals surface area contributed by atoms with Crippen molar-refractivity contribution in [2.45, 2.75) is 12.8 Å². The average molecular weight is 166 g/mol. The molecule has 1 N–H and O–H groups in total. The summed E-state index contributed by atoms with van der Waals surface area (Å²) in [5.41, 5.74) is 1.16. The van der Waals surface area contributed by atoms with E-state index in [1.54, 1.807) is 11.3 Å². The molecule has 0 aliphatic heterocycles. The van der Waals surface area contributed by atoms with Gasteiger partial charge in [-0.1, -0.05) is 0 Å². The zero-order chi connectivity index (χ0) is 7.94. The number of nitrogens with zero attached hydrogens (tertiary/aromatic N) is 1. The number of rotatable bonds is 4. The van der Waals surface area contributed by atoms with Crippen molar-refractivity contribution in [3.63, 3.8) is 0 Å². The molecule has 58 valence electrons. The van der Waals surface area contributed by atoms with Gasteiger partial charge in [0, 0.05) is 24.0 Å². The van der Waals surface area contributed by atoms with Crippen LogP contribution in [-0.4, -0.2) is 6.54 Å². The van der Waals surface area contributed by atoms with E-state index in [-0.39, 0.29) is 0 Å². The van der Waals surface area contributed by atoms with E-state index < -0.39 is 0 Å². The van der Waals surface area contributed by atoms with Crippen molar-refractivity contribution < 1.29 is 0 Å². The largest absolute Gasteiger partial charge is 0.384 e. The Balaban J connectivity index is 2.10. The third-order valence-corrected chi connectivity index (χ3v) is 2.00. The Bertz CT molecular complexity index is 223. The molecule has 0 unspecified atom stereocenters. The van der Waals surface area contributed by atoms with Gasteiger partial charge in [0.25, 0.3) is 0 Å². The average Bonchev–Trinajstić information content (AvgIpc) is 2.50. The van der Waals surface area contributed by atoms with Gasteiger partial charge < -0.3 is 5.32 Å². The minimum absolute atomic E-state index is 0.636. The SMILES string of the molecule is N#CCCCNc1ccsc1. The molecule has 0 radical (unpaired) electrons. The summed E-state index contributed by atoms with van der Waals surface area (Å²) in [7, 11) is 0. The van der Waals surface area contributed by atoms with Gasteiger partial charge in [-0.15, -0.1) is 0 Å². The van der Waals surface area contributed by atoms with Crippen molar-refractivity contribution in [3.05, 3.63) is 16.8 Å². The fraction of sp³-hybridized carbons (Fsp3) is 0.375. The number of hydrogen-bond donors (Lipinski definition) is 1. The molecule has 1 aromatic heterocycles. The molecule has 0 saturated heterocycles. The molecule has 0 saturated carbocycles. The van der Waals surface area contributed by atoms with Crippen LogP contribution in [0.25, 0.3) is 0 Å². The lowest BCUT2D eigenvalue weighted by Crippen LogP contribution is -1.98. The van der Waals surface area contributed by atoms with Crippen molar-refractivity contribution in [1.29, 1.82) is 5.26 Å². The van der Waals surface area contributed by atoms with Gasteiger partial charge in [-0.25, -0.2) is 0 Å². The Hall–Kier alpha value is -1.01. The summed E-state index contributed by atoms with van der Waals surface area (Å²) in [6.45, 7) is 0.893. The molecule has 2 nitrogen and oxygen atoms in total. The van der Waals surface area contributed by atoms with E-state index in [4.69, 9.17) is 5.26 Å². The Morgan fingerprint density at radius 3 is 3.18 bits per heavy atom. The van der Waals surface area contributed by atoms with E-state index >= 15 is 0 Å². The number of unbranched alkanes of at least 4 members (excludes halogenated alkanes) is 1. The monoisotopic (exact) mass is 166 g/mol. The Kier molecular flexibility index (Phi) is 3.49. The standard InChI is InChI=1S/C8H10N2S/c9-4-1-2-5-10-8-3-6-11-7-8/h3,6-7,10H,1-2,5H2. The fourth-order valence-corrected chi connectivity index (χ4v) is 1.38. The van der Waals surface area contributed by atoms with Gasteiger partial charge in [-0.2, -0.15) is 16.6 Å². The van der Waals surface area contributed by atoms with E-state index in [1.165, 1.54) is 0 Å². The maximum atomic E-state index is 8.25. The lowest BCUT2D eigenvalue weighted by molar-refractivity contribution is 0.898. The summed E-state index contributed by atoms with van der Waals surface area (Å²) in [5.74, 6) is 0. The van der Waals surface area contributed by atoms with Crippen molar-refractivity contribution in [2.24, 2.45) is 0 Å². The maximum Gasteiger partial charge on any atom is 0.0622 e. The number of anilines is 1. The van der Waals surface area contributed by atoms with Gasteiger partial charge in [-0.3, -0.25) is 0 Å². The van der Waals surface area contributed by atoms with Gasteiger partial charge in [0.2, 0.25) is 0 Å². The number of hydrogen-bond acceptors (Lipinski definition) is 3. The Labute approximate surface area is 70.5 Å². The van der Waals surface area contributed by atoms with Crippen molar-refractivity contribution in [2.75, 3.05) is 11.9 Å². The Morgan fingerprint density at radius 1 is 1.64 bits per heavy atom. The predicted octanol–water partition coefficient (Wildman–Crippen LogP) is 2.46. The smallest absolute Gasteiger partial charge is 0.0622 e. The van der Waals surface area contributed by atoms with Crippen LogP contribution < -0.4 is 5.32 Å². The van der Waals surface area contributed by atoms with Gasteiger partial charge >= 0.3 is 0 Å². The molecule has 0 fully saturated rings. The predicted molar refractivity (Wildman–Crippen MR) is 47.7 cm³/mol. The highest BCUT2D eigenvalue weighted by Gasteiger charge is 1.89. The third-order valence-electron chi connectivity index (χ3n) is 1.32. The molecule has 3 heteroatoms. The molecule has 0 bridgehead atoms. The summed E-state index contributed by atoms with van der Waals surface area (Å²) < 4.78 is 0. The summed E-state index contributed by atoms with van der Waals surface area (Å²) in [6.07, 6.45) is 1.56. The normalized spacial score (nSPS) is 9.00. The molecule has 0 aliphatic carbocycles. The zero-order valence-corrected chi connectivity index (χ0v) is 7.03. The van der Waals surface area contributed by atoms with Crippen LogP contribution in [0.5, 0.6) is 0 Å². The quantitative estimate of drug-likeness (QED) is 0.697. The highest BCUT2D eigenvalue weighted by atomic mass is 32.1. The number of nitriles is 1. The lowest BCUT2D eigenvalue weighted by atomic mass is 10.3. The molecule has 1 aromatic rings. The molecule has 0 spiro atoms. The first kappa shape index (κ1) is 8.09. The van der Waals surface area contributed by atoms with Gasteiger partial charge in [0.1, 0.15) is 0 Å². The van der Waals surface area contributed by atoms with Crippen LogP contribution >= 0.6 is 11.3 Å². The van der Waals surface area contributed by atoms with Gasteiger partial charge in [0.15, 0.2) is 0 Å². The first-order chi connectivity index (χ1) is 5.43. The third kappa shape index (κ3) is 3.06. The van der Waals surface area contributed by atoms with E-state index in [0.717, 1.165) is 18.7 Å². The van der Waals surface area contributed by atoms with E-state index in [2.05, 4.69) is 16.8 Å². The number of nitrogens with one attached hydrogen (secondary N) is 1. The molecule has 0 aliphatic rings. The summed E-state index contributed by atoms with van der Waals surface area (Å²) in [6, 6.07) is 4.15. The van der Waals surface area contributed by atoms with Crippen LogP contribution in [0.15, 0.2) is 16.8 Å². The van der Waals surface area contributed by atoms with E-state index in [1.807, 2.05) is 11.4 Å². The van der Waals surface area contributed by atoms with Crippen LogP contribution in [0, 0.1) is 11.3 Å². The van der Waals surface area contributed by atoms with Crippen molar-refractivity contribution in [3.8, 4) is 6.07 Å². The summed E-state index contributed by atoms with van der Waals surface area (Å²) >= 11 is 1.68. The van der Waals surface area contributed by atoms with E-state index in [0.29, 0.717) is 6.42 Å². The van der Waals surface area contributed by atoms with Crippen LogP contribution in [0.4, 0.5) is 5.69 Å². The second-order valence-electron chi connectivity index (χ2n) is 2.20. The molecular formula is C8H10N2S. The molecular weight excluding hydrogens is 156 g/mol. The first-order valence-electron chi connectivity index (χ1n) is 3.56. The maximum absolute atomic E-state index is 8.25. The Morgan fingerprint density at radius 2 is 2.55 bits per heavy atom. The summed E-state index contributed by atoms with van der Waals surface area (Å²) in [5, 5.41) is 15.6. The first-order valence-corrected chi connectivity index (χ1v) is 4.51. The molecule has 1 rings (SSSR count). The fourth-order valence-electron chi connectivity index (χ4n) is 0.765. The lowest BCUT2D eigenvalue weighted by Gasteiger charge is -1.99. The second kappa shape index (κ2) is 4.75. The van der Waals surface area contributed by atoms with Crippen LogP contribution in [0.3, 0.4) is 0 Å². The van der Waals surface area contributed by atoms with Crippen LogP contribution in [-0.2, 0) is 0 Å². The minimum atomic E-state index is 0.636. The highest BCUT2D eigenvalue weighted by Crippen LogP contribution is 2.11. The van der Waals surface area contributed by atoms with Crippen molar-refractivity contribution >= 4 is 17.0 Å². The summed E-state index contributed by atoms with van der Waals surface area (Å²) in [4.78, 5) is 0. The number of thiophene rings is 1. The van der Waals surface area contributed by atoms with Gasteiger partial charge in [0.05, 0.1) is 6.07 Å². The highest BCUT2D eigenvalue weighted by molar-refractivity contribution is 7.08. The topological polar surface area (TPSA) is 35.8 Å². The molecule has 1 heterocycles. The molecule has 11 heavy (non-hydrogen) atoms. The van der Waals surface area contributed by atoms with Gasteiger partial charge in [-0.05, 0) is 17.9 Å². The minimum Gasteiger partial charge on any atom is -0.384 e.